The van der Waals surface area contributed by atoms with Gasteiger partial charge in [0.1, 0.15) is 11.6 Å². The molecule has 1 saturated heterocycles. The minimum Gasteiger partial charge on any atom is -0.467 e. The fraction of sp³-hybridized carbons (Fsp3) is 0.389. The highest BCUT2D eigenvalue weighted by Gasteiger charge is 2.21. The van der Waals surface area contributed by atoms with E-state index in [1.54, 1.807) is 12.3 Å². The van der Waals surface area contributed by atoms with Crippen LogP contribution in [0.5, 0.6) is 0 Å². The van der Waals surface area contributed by atoms with Crippen molar-refractivity contribution in [1.29, 1.82) is 0 Å². The first-order valence-electron chi connectivity index (χ1n) is 8.12. The molecule has 128 valence electrons. The Morgan fingerprint density at radius 3 is 2.96 bits per heavy atom. The van der Waals surface area contributed by atoms with Crippen LogP contribution >= 0.6 is 12.2 Å². The van der Waals surface area contributed by atoms with Gasteiger partial charge in [-0.05, 0) is 54.9 Å². The van der Waals surface area contributed by atoms with Crippen LogP contribution in [0.15, 0.2) is 47.1 Å². The Morgan fingerprint density at radius 2 is 2.25 bits per heavy atom. The molecule has 1 fully saturated rings. The normalized spacial score (nSPS) is 17.0. The van der Waals surface area contributed by atoms with Gasteiger partial charge in [0.05, 0.1) is 18.9 Å². The molecule has 0 aliphatic carbocycles. The third-order valence-corrected chi connectivity index (χ3v) is 4.39. The van der Waals surface area contributed by atoms with E-state index in [-0.39, 0.29) is 11.9 Å². The summed E-state index contributed by atoms with van der Waals surface area (Å²) in [6, 6.07) is 10.3. The lowest BCUT2D eigenvalue weighted by Gasteiger charge is -2.28. The number of hydrogen-bond donors (Lipinski definition) is 1. The molecular formula is C18H21FN2O2S. The number of hydrogen-bond acceptors (Lipinski definition) is 3. The van der Waals surface area contributed by atoms with Gasteiger partial charge in [-0.3, -0.25) is 0 Å². The Hall–Kier alpha value is -1.92. The monoisotopic (exact) mass is 348 g/mol. The Bertz CT molecular complexity index is 657. The first-order valence-corrected chi connectivity index (χ1v) is 8.53. The zero-order valence-corrected chi connectivity index (χ0v) is 14.2. The number of furan rings is 1. The molecule has 1 N–H and O–H groups in total. The lowest BCUT2D eigenvalue weighted by molar-refractivity contribution is 0.0897. The molecule has 0 saturated carbocycles. The second-order valence-electron chi connectivity index (χ2n) is 5.88. The Balaban J connectivity index is 1.64. The Labute approximate surface area is 146 Å². The van der Waals surface area contributed by atoms with E-state index in [0.717, 1.165) is 30.8 Å². The SMILES string of the molecule is Fc1cccc(CN(CC2CCCO2)C(=S)NCc2ccco2)c1. The number of nitrogens with zero attached hydrogens (tertiary/aromatic N) is 1. The van der Waals surface area contributed by atoms with Crippen molar-refractivity contribution < 1.29 is 13.5 Å². The molecule has 0 spiro atoms. The molecule has 1 aliphatic rings. The first kappa shape index (κ1) is 16.9. The van der Waals surface area contributed by atoms with Crippen molar-refractivity contribution in [2.75, 3.05) is 13.2 Å². The van der Waals surface area contributed by atoms with Gasteiger partial charge in [0, 0.05) is 19.7 Å². The fourth-order valence-corrected chi connectivity index (χ4v) is 3.01. The number of benzene rings is 1. The van der Waals surface area contributed by atoms with Crippen molar-refractivity contribution in [2.45, 2.75) is 32.0 Å². The van der Waals surface area contributed by atoms with Gasteiger partial charge in [0.25, 0.3) is 0 Å². The van der Waals surface area contributed by atoms with Crippen LogP contribution in [0.4, 0.5) is 4.39 Å². The van der Waals surface area contributed by atoms with Gasteiger partial charge >= 0.3 is 0 Å². The molecule has 0 amide bonds. The van der Waals surface area contributed by atoms with E-state index < -0.39 is 0 Å². The van der Waals surface area contributed by atoms with Crippen LogP contribution < -0.4 is 5.32 Å². The van der Waals surface area contributed by atoms with E-state index in [2.05, 4.69) is 5.32 Å². The molecule has 4 nitrogen and oxygen atoms in total. The summed E-state index contributed by atoms with van der Waals surface area (Å²) < 4.78 is 24.5. The zero-order valence-electron chi connectivity index (χ0n) is 13.4. The fourth-order valence-electron chi connectivity index (χ4n) is 2.80. The van der Waals surface area contributed by atoms with Crippen molar-refractivity contribution >= 4 is 17.3 Å². The maximum atomic E-state index is 13.5. The topological polar surface area (TPSA) is 37.6 Å². The van der Waals surface area contributed by atoms with Crippen molar-refractivity contribution in [2.24, 2.45) is 0 Å². The first-order chi connectivity index (χ1) is 11.7. The molecule has 0 bridgehead atoms. The average Bonchev–Trinajstić information content (AvgIpc) is 3.26. The molecule has 3 rings (SSSR count). The summed E-state index contributed by atoms with van der Waals surface area (Å²) in [7, 11) is 0. The van der Waals surface area contributed by atoms with E-state index >= 15 is 0 Å². The lowest BCUT2D eigenvalue weighted by atomic mass is 10.2. The van der Waals surface area contributed by atoms with Crippen LogP contribution in [-0.2, 0) is 17.8 Å². The van der Waals surface area contributed by atoms with Crippen LogP contribution in [0, 0.1) is 5.82 Å². The third-order valence-electron chi connectivity index (χ3n) is 3.99. The minimum absolute atomic E-state index is 0.168. The van der Waals surface area contributed by atoms with Crippen LogP contribution in [0.2, 0.25) is 0 Å². The van der Waals surface area contributed by atoms with Crippen molar-refractivity contribution in [3.8, 4) is 0 Å². The highest BCUT2D eigenvalue weighted by Crippen LogP contribution is 2.16. The van der Waals surface area contributed by atoms with Gasteiger partial charge in [0.2, 0.25) is 0 Å². The van der Waals surface area contributed by atoms with Gasteiger partial charge in [-0.1, -0.05) is 12.1 Å². The molecule has 0 radical (unpaired) electrons. The van der Waals surface area contributed by atoms with Gasteiger partial charge < -0.3 is 19.4 Å². The molecule has 1 atom stereocenters. The Kier molecular flexibility index (Phi) is 5.82. The summed E-state index contributed by atoms with van der Waals surface area (Å²) in [5.74, 6) is 0.583. The van der Waals surface area contributed by atoms with E-state index in [4.69, 9.17) is 21.4 Å². The van der Waals surface area contributed by atoms with Crippen LogP contribution in [0.1, 0.15) is 24.2 Å². The second-order valence-corrected chi connectivity index (χ2v) is 6.27. The number of thiocarbonyl (C=S) groups is 1. The number of rotatable bonds is 6. The lowest BCUT2D eigenvalue weighted by Crippen LogP contribution is -2.42. The summed E-state index contributed by atoms with van der Waals surface area (Å²) >= 11 is 5.54. The standard InChI is InChI=1S/C18H21FN2O2S/c19-15-5-1-4-14(10-15)12-21(13-17-7-3-9-23-17)18(24)20-11-16-6-2-8-22-16/h1-2,4-6,8,10,17H,3,7,9,11-13H2,(H,20,24). The summed E-state index contributed by atoms with van der Waals surface area (Å²) in [4.78, 5) is 2.03. The summed E-state index contributed by atoms with van der Waals surface area (Å²) in [6.07, 6.45) is 3.91. The van der Waals surface area contributed by atoms with E-state index in [1.807, 2.05) is 23.1 Å². The number of ether oxygens (including phenoxy) is 1. The van der Waals surface area contributed by atoms with Gasteiger partial charge in [-0.2, -0.15) is 0 Å². The zero-order chi connectivity index (χ0) is 16.8. The van der Waals surface area contributed by atoms with Crippen LogP contribution in [-0.4, -0.2) is 29.3 Å². The molecular weight excluding hydrogens is 327 g/mol. The van der Waals surface area contributed by atoms with Crippen molar-refractivity contribution in [3.05, 3.63) is 59.8 Å². The molecule has 1 aliphatic heterocycles. The third kappa shape index (κ3) is 4.79. The predicted octanol–water partition coefficient (Wildman–Crippen LogP) is 3.47. The highest BCUT2D eigenvalue weighted by atomic mass is 32.1. The largest absolute Gasteiger partial charge is 0.467 e. The Morgan fingerprint density at radius 1 is 1.33 bits per heavy atom. The molecule has 1 aromatic carbocycles. The maximum absolute atomic E-state index is 13.5. The van der Waals surface area contributed by atoms with E-state index in [9.17, 15) is 4.39 Å². The van der Waals surface area contributed by atoms with E-state index in [1.165, 1.54) is 12.1 Å². The van der Waals surface area contributed by atoms with Gasteiger partial charge in [-0.15, -0.1) is 0 Å². The van der Waals surface area contributed by atoms with Crippen LogP contribution in [0.3, 0.4) is 0 Å². The van der Waals surface area contributed by atoms with Crippen molar-refractivity contribution in [1.82, 2.24) is 10.2 Å². The molecule has 2 heterocycles. The molecule has 1 aromatic heterocycles. The average molecular weight is 348 g/mol. The van der Waals surface area contributed by atoms with Crippen molar-refractivity contribution in [3.63, 3.8) is 0 Å². The molecule has 2 aromatic rings. The van der Waals surface area contributed by atoms with Gasteiger partial charge in [0.15, 0.2) is 5.11 Å². The number of nitrogens with one attached hydrogen (secondary N) is 1. The molecule has 1 unspecified atom stereocenters. The summed E-state index contributed by atoms with van der Waals surface area (Å²) in [6.45, 7) is 2.56. The molecule has 24 heavy (non-hydrogen) atoms. The number of halogens is 1. The molecule has 6 heteroatoms. The quantitative estimate of drug-likeness (QED) is 0.809. The van der Waals surface area contributed by atoms with Crippen LogP contribution in [0.25, 0.3) is 0 Å². The predicted molar refractivity (Wildman–Crippen MR) is 93.9 cm³/mol. The minimum atomic E-state index is -0.237. The maximum Gasteiger partial charge on any atom is 0.169 e. The van der Waals surface area contributed by atoms with Gasteiger partial charge in [-0.25, -0.2) is 4.39 Å². The highest BCUT2D eigenvalue weighted by molar-refractivity contribution is 7.80. The summed E-state index contributed by atoms with van der Waals surface area (Å²) in [5, 5.41) is 3.83. The van der Waals surface area contributed by atoms with E-state index in [0.29, 0.717) is 24.7 Å². The second kappa shape index (κ2) is 8.26. The summed E-state index contributed by atoms with van der Waals surface area (Å²) in [5.41, 5.74) is 0.884. The smallest absolute Gasteiger partial charge is 0.169 e.